The Bertz CT molecular complexity index is 97.0. The van der Waals surface area contributed by atoms with Gasteiger partial charge in [0.05, 0.1) is 6.20 Å². The molecule has 0 unspecified atom stereocenters. The fourth-order valence-electron chi connectivity index (χ4n) is 0.331. The molecule has 1 aliphatic rings. The summed E-state index contributed by atoms with van der Waals surface area (Å²) < 4.78 is 1.65. The Morgan fingerprint density at radius 2 is 2.67 bits per heavy atom. The van der Waals surface area contributed by atoms with Crippen LogP contribution in [0.3, 0.4) is 0 Å². The lowest BCUT2D eigenvalue weighted by Gasteiger charge is -1.74. The normalized spacial score (nSPS) is 18.3. The SMILES string of the molecule is S=[N+]1C=CNC1. The van der Waals surface area contributed by atoms with Crippen molar-refractivity contribution in [1.82, 2.24) is 5.32 Å². The molecule has 6 heavy (non-hydrogen) atoms. The summed E-state index contributed by atoms with van der Waals surface area (Å²) in [4.78, 5) is 0. The van der Waals surface area contributed by atoms with Crippen LogP contribution in [0.15, 0.2) is 12.4 Å². The summed E-state index contributed by atoms with van der Waals surface area (Å²) in [6, 6.07) is 0. The van der Waals surface area contributed by atoms with Gasteiger partial charge >= 0.3 is 0 Å². The molecule has 0 aromatic heterocycles. The van der Waals surface area contributed by atoms with E-state index >= 15 is 0 Å². The van der Waals surface area contributed by atoms with Gasteiger partial charge in [0.25, 0.3) is 12.4 Å². The van der Waals surface area contributed by atoms with E-state index in [-0.39, 0.29) is 0 Å². The molecule has 2 nitrogen and oxygen atoms in total. The highest BCUT2D eigenvalue weighted by molar-refractivity contribution is 7.44. The standard InChI is InChI=1S/C3H5N2S/c6-5-2-1-4-3-5/h1-2,4H,3H2/q+1. The Labute approximate surface area is 41.6 Å². The average molecular weight is 101 g/mol. The highest BCUT2D eigenvalue weighted by Crippen LogP contribution is 1.78. The fraction of sp³-hybridized carbons (Fsp3) is 0.333. The zero-order valence-electron chi connectivity index (χ0n) is 3.22. The van der Waals surface area contributed by atoms with Gasteiger partial charge in [-0.05, 0) is 0 Å². The van der Waals surface area contributed by atoms with Gasteiger partial charge in [-0.2, -0.15) is 0 Å². The Morgan fingerprint density at radius 3 is 2.83 bits per heavy atom. The molecule has 3 heteroatoms. The van der Waals surface area contributed by atoms with Crippen LogP contribution in [0.5, 0.6) is 0 Å². The lowest BCUT2D eigenvalue weighted by atomic mass is 11.0. The van der Waals surface area contributed by atoms with Crippen molar-refractivity contribution in [3.8, 4) is 0 Å². The predicted molar refractivity (Wildman–Crippen MR) is 24.8 cm³/mol. The molecule has 0 aliphatic carbocycles. The van der Waals surface area contributed by atoms with Crippen molar-refractivity contribution >= 4 is 12.4 Å². The fourth-order valence-corrected chi connectivity index (χ4v) is 0.467. The van der Waals surface area contributed by atoms with Gasteiger partial charge in [0, 0.05) is 0 Å². The molecule has 1 N–H and O–H groups in total. The highest BCUT2D eigenvalue weighted by Gasteiger charge is 1.99. The zero-order chi connectivity index (χ0) is 4.41. The Morgan fingerprint density at radius 1 is 1.83 bits per heavy atom. The molecule has 0 saturated heterocycles. The van der Waals surface area contributed by atoms with Crippen LogP contribution in [0.2, 0.25) is 0 Å². The Hall–Kier alpha value is -0.440. The van der Waals surface area contributed by atoms with Gasteiger partial charge in [0.1, 0.15) is 0 Å². The van der Waals surface area contributed by atoms with E-state index in [0.29, 0.717) is 0 Å². The number of nitrogens with zero attached hydrogens (tertiary/aromatic N) is 1. The first-order valence-corrected chi connectivity index (χ1v) is 2.10. The molecular formula is C3H5N2S+. The summed E-state index contributed by atoms with van der Waals surface area (Å²) >= 11 is 4.69. The van der Waals surface area contributed by atoms with E-state index in [0.717, 1.165) is 6.67 Å². The number of nitrogens with one attached hydrogen (secondary N) is 1. The third kappa shape index (κ3) is 0.542. The lowest BCUT2D eigenvalue weighted by Crippen LogP contribution is -2.07. The molecule has 0 bridgehead atoms. The molecule has 0 fully saturated rings. The quantitative estimate of drug-likeness (QED) is 0.424. The van der Waals surface area contributed by atoms with Crippen LogP contribution in [0.1, 0.15) is 0 Å². The van der Waals surface area contributed by atoms with Crippen molar-refractivity contribution in [2.75, 3.05) is 6.67 Å². The van der Waals surface area contributed by atoms with E-state index in [4.69, 9.17) is 0 Å². The van der Waals surface area contributed by atoms with Gasteiger partial charge in [0.2, 0.25) is 12.9 Å². The molecule has 1 aliphatic heterocycles. The first-order valence-electron chi connectivity index (χ1n) is 1.73. The summed E-state index contributed by atoms with van der Waals surface area (Å²) in [5.41, 5.74) is 0. The van der Waals surface area contributed by atoms with Crippen LogP contribution in [0.4, 0.5) is 0 Å². The second kappa shape index (κ2) is 1.34. The van der Waals surface area contributed by atoms with Gasteiger partial charge in [-0.3, -0.25) is 0 Å². The van der Waals surface area contributed by atoms with Gasteiger partial charge in [-0.25, -0.2) is 0 Å². The van der Waals surface area contributed by atoms with Gasteiger partial charge in [0.15, 0.2) is 0 Å². The van der Waals surface area contributed by atoms with Crippen molar-refractivity contribution in [2.24, 2.45) is 0 Å². The highest BCUT2D eigenvalue weighted by atomic mass is 32.1. The van der Waals surface area contributed by atoms with Gasteiger partial charge in [-0.15, -0.1) is 3.95 Å². The third-order valence-corrected chi connectivity index (χ3v) is 0.857. The smallest absolute Gasteiger partial charge is 0.271 e. The van der Waals surface area contributed by atoms with E-state index < -0.39 is 0 Å². The molecule has 1 rings (SSSR count). The molecule has 0 amide bonds. The largest absolute Gasteiger partial charge is 0.330 e. The first-order chi connectivity index (χ1) is 2.89. The first kappa shape index (κ1) is 3.74. The molecule has 0 spiro atoms. The van der Waals surface area contributed by atoms with Crippen LogP contribution in [0, 0.1) is 0 Å². The average Bonchev–Trinajstić information content (AvgIpc) is 1.86. The van der Waals surface area contributed by atoms with Crippen LogP contribution in [-0.2, 0) is 12.4 Å². The second-order valence-corrected chi connectivity index (χ2v) is 1.56. The summed E-state index contributed by atoms with van der Waals surface area (Å²) in [5.74, 6) is 0. The maximum atomic E-state index is 4.69. The monoisotopic (exact) mass is 101 g/mol. The molecular weight excluding hydrogens is 96.1 g/mol. The molecule has 0 saturated carbocycles. The lowest BCUT2D eigenvalue weighted by molar-refractivity contribution is -0.417. The minimum absolute atomic E-state index is 0.773. The third-order valence-electron chi connectivity index (χ3n) is 0.606. The minimum Gasteiger partial charge on any atom is -0.330 e. The van der Waals surface area contributed by atoms with Crippen molar-refractivity contribution in [3.63, 3.8) is 0 Å². The van der Waals surface area contributed by atoms with E-state index in [2.05, 4.69) is 17.7 Å². The van der Waals surface area contributed by atoms with E-state index in [1.807, 2.05) is 12.4 Å². The molecule has 1 heterocycles. The number of rotatable bonds is 0. The van der Waals surface area contributed by atoms with Crippen LogP contribution in [-0.4, -0.2) is 10.6 Å². The maximum absolute atomic E-state index is 4.69. The van der Waals surface area contributed by atoms with Crippen LogP contribution < -0.4 is 5.32 Å². The molecule has 0 atom stereocenters. The topological polar surface area (TPSA) is 15.0 Å². The molecule has 32 valence electrons. The summed E-state index contributed by atoms with van der Waals surface area (Å²) in [7, 11) is 0. The molecule has 0 aromatic rings. The van der Waals surface area contributed by atoms with Crippen molar-refractivity contribution in [3.05, 3.63) is 12.4 Å². The maximum Gasteiger partial charge on any atom is 0.271 e. The van der Waals surface area contributed by atoms with Crippen LogP contribution in [0.25, 0.3) is 0 Å². The van der Waals surface area contributed by atoms with E-state index in [9.17, 15) is 0 Å². The predicted octanol–water partition coefficient (Wildman–Crippen LogP) is -0.239. The van der Waals surface area contributed by atoms with Crippen molar-refractivity contribution in [1.29, 1.82) is 0 Å². The van der Waals surface area contributed by atoms with E-state index in [1.54, 1.807) is 3.95 Å². The molecule has 0 aromatic carbocycles. The van der Waals surface area contributed by atoms with Gasteiger partial charge in [-0.1, -0.05) is 0 Å². The van der Waals surface area contributed by atoms with Crippen molar-refractivity contribution < 1.29 is 3.95 Å². The van der Waals surface area contributed by atoms with Crippen molar-refractivity contribution in [2.45, 2.75) is 0 Å². The zero-order valence-corrected chi connectivity index (χ0v) is 4.03. The second-order valence-electron chi connectivity index (χ2n) is 1.10. The number of hydrogen-bond acceptors (Lipinski definition) is 2. The van der Waals surface area contributed by atoms with Crippen LogP contribution >= 0.6 is 0 Å². The van der Waals surface area contributed by atoms with Gasteiger partial charge < -0.3 is 5.32 Å². The molecule has 0 radical (unpaired) electrons. The summed E-state index contributed by atoms with van der Waals surface area (Å²) in [6.45, 7) is 0.773. The summed E-state index contributed by atoms with van der Waals surface area (Å²) in [6.07, 6.45) is 3.64. The Kier molecular flexibility index (Phi) is 0.837. The van der Waals surface area contributed by atoms with E-state index in [1.165, 1.54) is 0 Å². The Balaban J connectivity index is 2.59. The number of hydrogen-bond donors (Lipinski definition) is 1. The minimum atomic E-state index is 0.773. The summed E-state index contributed by atoms with van der Waals surface area (Å²) in [5, 5.41) is 2.91.